The number of rotatable bonds is 8. The maximum Gasteiger partial charge on any atom is 0.315 e. The van der Waals surface area contributed by atoms with E-state index in [4.69, 9.17) is 4.42 Å². The van der Waals surface area contributed by atoms with E-state index in [1.807, 2.05) is 0 Å². The Kier molecular flexibility index (Phi) is 6.53. The van der Waals surface area contributed by atoms with Gasteiger partial charge in [-0.3, -0.25) is 4.79 Å². The van der Waals surface area contributed by atoms with Crippen molar-refractivity contribution in [2.45, 2.75) is 32.6 Å². The number of nitrogens with zero attached hydrogens (tertiary/aromatic N) is 1. The van der Waals surface area contributed by atoms with Gasteiger partial charge in [-0.25, -0.2) is 9.78 Å². The van der Waals surface area contributed by atoms with Gasteiger partial charge in [0.05, 0.1) is 12.7 Å². The summed E-state index contributed by atoms with van der Waals surface area (Å²) in [5.74, 6) is -0.334. The average Bonchev–Trinajstić information content (AvgIpc) is 2.89. The number of amides is 2. The summed E-state index contributed by atoms with van der Waals surface area (Å²) in [4.78, 5) is 26.5. The lowest BCUT2D eigenvalue weighted by molar-refractivity contribution is 0.0959. The van der Waals surface area contributed by atoms with E-state index < -0.39 is 0 Å². The van der Waals surface area contributed by atoms with E-state index in [1.54, 1.807) is 0 Å². The van der Waals surface area contributed by atoms with Gasteiger partial charge < -0.3 is 15.1 Å². The molecule has 1 heterocycles. The molecule has 1 rings (SSSR count). The second-order valence-corrected chi connectivity index (χ2v) is 3.93. The fourth-order valence-electron chi connectivity index (χ4n) is 1.41. The third-order valence-electron chi connectivity index (χ3n) is 2.40. The minimum Gasteiger partial charge on any atom is -0.442 e. The Morgan fingerprint density at radius 3 is 2.78 bits per heavy atom. The highest BCUT2D eigenvalue weighted by atomic mass is 16.3. The first-order chi connectivity index (χ1) is 8.74. The minimum atomic E-state index is -0.346. The van der Waals surface area contributed by atoms with Crippen LogP contribution in [0.1, 0.15) is 43.3 Å². The number of hydrogen-bond donors (Lipinski definition) is 2. The minimum absolute atomic E-state index is 0.0123. The summed E-state index contributed by atoms with van der Waals surface area (Å²) in [6.07, 6.45) is 7.10. The molecule has 0 aliphatic rings. The van der Waals surface area contributed by atoms with Crippen LogP contribution in [0, 0.1) is 0 Å². The van der Waals surface area contributed by atoms with Crippen LogP contribution in [-0.4, -0.2) is 29.9 Å². The van der Waals surface area contributed by atoms with Crippen LogP contribution in [0.15, 0.2) is 16.9 Å². The monoisotopic (exact) mass is 253 g/mol. The molecule has 0 aromatic carbocycles. The molecule has 0 saturated heterocycles. The fourth-order valence-corrected chi connectivity index (χ4v) is 1.41. The summed E-state index contributed by atoms with van der Waals surface area (Å²) in [7, 11) is 0. The van der Waals surface area contributed by atoms with Crippen molar-refractivity contribution in [1.82, 2.24) is 15.6 Å². The largest absolute Gasteiger partial charge is 0.442 e. The van der Waals surface area contributed by atoms with E-state index in [0.29, 0.717) is 6.54 Å². The van der Waals surface area contributed by atoms with Crippen LogP contribution < -0.4 is 10.6 Å². The zero-order chi connectivity index (χ0) is 13.2. The number of carbonyl (C=O) groups excluding carboxylic acids is 2. The SMILES string of the molecule is CCCCCCNC(=O)NCC(=O)c1ncco1. The molecule has 0 fully saturated rings. The van der Waals surface area contributed by atoms with Crippen LogP contribution >= 0.6 is 0 Å². The van der Waals surface area contributed by atoms with E-state index in [2.05, 4.69) is 22.5 Å². The summed E-state index contributed by atoms with van der Waals surface area (Å²) in [6, 6.07) is -0.341. The molecule has 6 heteroatoms. The van der Waals surface area contributed by atoms with Gasteiger partial charge in [0, 0.05) is 6.54 Å². The molecule has 0 spiro atoms. The maximum atomic E-state index is 11.4. The fraction of sp³-hybridized carbons (Fsp3) is 0.583. The maximum absolute atomic E-state index is 11.4. The number of unbranched alkanes of at least 4 members (excludes halogenated alkanes) is 3. The molecular formula is C12H19N3O3. The first-order valence-electron chi connectivity index (χ1n) is 6.18. The van der Waals surface area contributed by atoms with Crippen molar-refractivity contribution in [2.75, 3.05) is 13.1 Å². The number of nitrogens with one attached hydrogen (secondary N) is 2. The van der Waals surface area contributed by atoms with Crippen LogP contribution in [0.25, 0.3) is 0 Å². The molecular weight excluding hydrogens is 234 g/mol. The van der Waals surface area contributed by atoms with E-state index >= 15 is 0 Å². The Hall–Kier alpha value is -1.85. The molecule has 0 aliphatic carbocycles. The van der Waals surface area contributed by atoms with Gasteiger partial charge >= 0.3 is 6.03 Å². The molecule has 1 aromatic rings. The van der Waals surface area contributed by atoms with Gasteiger partial charge in [-0.1, -0.05) is 26.2 Å². The number of Topliss-reactive ketones (excluding diaryl/α,β-unsaturated/α-hetero) is 1. The van der Waals surface area contributed by atoms with Gasteiger partial charge in [0.25, 0.3) is 5.89 Å². The van der Waals surface area contributed by atoms with Gasteiger partial charge in [-0.2, -0.15) is 0 Å². The summed E-state index contributed by atoms with van der Waals surface area (Å²) < 4.78 is 4.82. The van der Waals surface area contributed by atoms with Crippen molar-refractivity contribution in [3.8, 4) is 0 Å². The first-order valence-corrected chi connectivity index (χ1v) is 6.18. The molecule has 18 heavy (non-hydrogen) atoms. The zero-order valence-electron chi connectivity index (χ0n) is 10.6. The highest BCUT2D eigenvalue weighted by molar-refractivity contribution is 5.95. The molecule has 0 aliphatic heterocycles. The van der Waals surface area contributed by atoms with Crippen molar-refractivity contribution in [2.24, 2.45) is 0 Å². The van der Waals surface area contributed by atoms with E-state index in [0.717, 1.165) is 19.3 Å². The van der Waals surface area contributed by atoms with E-state index in [9.17, 15) is 9.59 Å². The molecule has 2 amide bonds. The summed E-state index contributed by atoms with van der Waals surface area (Å²) in [6.45, 7) is 2.65. The Morgan fingerprint density at radius 2 is 2.11 bits per heavy atom. The van der Waals surface area contributed by atoms with Crippen LogP contribution in [0.5, 0.6) is 0 Å². The van der Waals surface area contributed by atoms with Crippen LogP contribution in [0.3, 0.4) is 0 Å². The lowest BCUT2D eigenvalue weighted by Crippen LogP contribution is -2.38. The predicted molar refractivity (Wildman–Crippen MR) is 66.4 cm³/mol. The Labute approximate surface area is 106 Å². The number of urea groups is 1. The second-order valence-electron chi connectivity index (χ2n) is 3.93. The Morgan fingerprint density at radius 1 is 1.28 bits per heavy atom. The quantitative estimate of drug-likeness (QED) is 0.546. The molecule has 0 radical (unpaired) electrons. The Balaban J connectivity index is 2.08. The van der Waals surface area contributed by atoms with Crippen LogP contribution in [0.4, 0.5) is 4.79 Å². The lowest BCUT2D eigenvalue weighted by atomic mass is 10.2. The number of carbonyl (C=O) groups is 2. The van der Waals surface area contributed by atoms with Gasteiger partial charge in [-0.05, 0) is 6.42 Å². The summed E-state index contributed by atoms with van der Waals surface area (Å²) in [5.41, 5.74) is 0. The van der Waals surface area contributed by atoms with Crippen molar-refractivity contribution < 1.29 is 14.0 Å². The van der Waals surface area contributed by atoms with E-state index in [1.165, 1.54) is 18.9 Å². The standard InChI is InChI=1S/C12H19N3O3/c1-2-3-4-5-6-14-12(17)15-9-10(16)11-13-7-8-18-11/h7-8H,2-6,9H2,1H3,(H2,14,15,17). The highest BCUT2D eigenvalue weighted by Gasteiger charge is 2.11. The average molecular weight is 253 g/mol. The van der Waals surface area contributed by atoms with Gasteiger partial charge in [0.1, 0.15) is 6.26 Å². The van der Waals surface area contributed by atoms with Gasteiger partial charge in [0.15, 0.2) is 0 Å². The van der Waals surface area contributed by atoms with E-state index in [-0.39, 0.29) is 24.2 Å². The molecule has 2 N–H and O–H groups in total. The van der Waals surface area contributed by atoms with Crippen LogP contribution in [0.2, 0.25) is 0 Å². The number of ketones is 1. The van der Waals surface area contributed by atoms with Crippen molar-refractivity contribution in [3.63, 3.8) is 0 Å². The second kappa shape index (κ2) is 8.27. The van der Waals surface area contributed by atoms with Gasteiger partial charge in [-0.15, -0.1) is 0 Å². The molecule has 1 aromatic heterocycles. The smallest absolute Gasteiger partial charge is 0.315 e. The van der Waals surface area contributed by atoms with Crippen molar-refractivity contribution in [3.05, 3.63) is 18.4 Å². The summed E-state index contributed by atoms with van der Waals surface area (Å²) >= 11 is 0. The molecule has 100 valence electrons. The summed E-state index contributed by atoms with van der Waals surface area (Å²) in [5, 5.41) is 5.15. The van der Waals surface area contributed by atoms with Crippen molar-refractivity contribution in [1.29, 1.82) is 0 Å². The first kappa shape index (κ1) is 14.2. The third kappa shape index (κ3) is 5.47. The number of oxazole rings is 1. The van der Waals surface area contributed by atoms with Crippen molar-refractivity contribution >= 4 is 11.8 Å². The lowest BCUT2D eigenvalue weighted by Gasteiger charge is -2.05. The predicted octanol–water partition coefficient (Wildman–Crippen LogP) is 1.74. The highest BCUT2D eigenvalue weighted by Crippen LogP contribution is 1.97. The topological polar surface area (TPSA) is 84.2 Å². The Bertz CT molecular complexity index is 363. The van der Waals surface area contributed by atoms with Gasteiger partial charge in [0.2, 0.25) is 5.78 Å². The number of hydrogen-bond acceptors (Lipinski definition) is 4. The van der Waals surface area contributed by atoms with Crippen LogP contribution in [-0.2, 0) is 0 Å². The molecule has 0 unspecified atom stereocenters. The normalized spacial score (nSPS) is 10.1. The third-order valence-corrected chi connectivity index (χ3v) is 2.40. The molecule has 0 bridgehead atoms. The zero-order valence-corrected chi connectivity index (χ0v) is 10.6. The molecule has 0 saturated carbocycles. The molecule has 6 nitrogen and oxygen atoms in total. The number of aromatic nitrogens is 1. The molecule has 0 atom stereocenters.